The lowest BCUT2D eigenvalue weighted by Gasteiger charge is -2.31. The second-order valence-corrected chi connectivity index (χ2v) is 7.12. The average Bonchev–Trinajstić information content (AvgIpc) is 2.40. The lowest BCUT2D eigenvalue weighted by Crippen LogP contribution is -2.41. The first kappa shape index (κ1) is 17.0. The zero-order valence-corrected chi connectivity index (χ0v) is 14.4. The van der Waals surface area contributed by atoms with Crippen molar-refractivity contribution in [1.29, 1.82) is 0 Å². The maximum absolute atomic E-state index is 13.3. The van der Waals surface area contributed by atoms with Crippen molar-refractivity contribution in [3.8, 4) is 0 Å². The van der Waals surface area contributed by atoms with Crippen LogP contribution in [0, 0.1) is 0 Å². The number of alkyl halides is 3. The molecule has 1 aliphatic rings. The summed E-state index contributed by atoms with van der Waals surface area (Å²) >= 11 is 2.26. The Hall–Kier alpha value is -0.340. The fourth-order valence-electron chi connectivity index (χ4n) is 2.48. The minimum Gasteiger partial charge on any atom is -0.296 e. The first-order valence-electron chi connectivity index (χ1n) is 7.10. The molecule has 1 fully saturated rings. The molecule has 1 aromatic carbocycles. The Labute approximate surface area is 137 Å². The van der Waals surface area contributed by atoms with Crippen LogP contribution in [0.1, 0.15) is 36.5 Å². The number of piperazine rings is 1. The standard InChI is InChI=1S/C15H20F3IN2/c1-11(2)12-3-4-13(14(9-12)15(16,17)18)10-20-5-7-21(19)8-6-20/h3-4,9,11H,5-8,10H2,1-2H3. The van der Waals surface area contributed by atoms with Crippen LogP contribution < -0.4 is 0 Å². The summed E-state index contributed by atoms with van der Waals surface area (Å²) in [6.45, 7) is 7.61. The Morgan fingerprint density at radius 2 is 1.76 bits per heavy atom. The second kappa shape index (κ2) is 6.83. The molecule has 1 aromatic rings. The lowest BCUT2D eigenvalue weighted by atomic mass is 9.96. The average molecular weight is 412 g/mol. The van der Waals surface area contributed by atoms with Crippen LogP contribution in [0.4, 0.5) is 13.2 Å². The summed E-state index contributed by atoms with van der Waals surface area (Å²) in [6.07, 6.45) is -4.29. The summed E-state index contributed by atoms with van der Waals surface area (Å²) in [5.41, 5.74) is 0.641. The van der Waals surface area contributed by atoms with Crippen LogP contribution in [0.5, 0.6) is 0 Å². The first-order chi connectivity index (χ1) is 9.77. The Balaban J connectivity index is 2.22. The summed E-state index contributed by atoms with van der Waals surface area (Å²) in [7, 11) is 0. The number of hydrogen-bond donors (Lipinski definition) is 0. The van der Waals surface area contributed by atoms with E-state index in [9.17, 15) is 13.2 Å². The van der Waals surface area contributed by atoms with Crippen molar-refractivity contribution < 1.29 is 13.2 Å². The molecule has 0 N–H and O–H groups in total. The van der Waals surface area contributed by atoms with Gasteiger partial charge in [-0.05, 0) is 23.1 Å². The quantitative estimate of drug-likeness (QED) is 0.540. The van der Waals surface area contributed by atoms with Crippen LogP contribution in [0.25, 0.3) is 0 Å². The number of benzene rings is 1. The van der Waals surface area contributed by atoms with Gasteiger partial charge in [0.25, 0.3) is 0 Å². The van der Waals surface area contributed by atoms with Crippen LogP contribution >= 0.6 is 22.9 Å². The van der Waals surface area contributed by atoms with Crippen molar-refractivity contribution in [2.45, 2.75) is 32.5 Å². The van der Waals surface area contributed by atoms with E-state index in [0.29, 0.717) is 12.1 Å². The van der Waals surface area contributed by atoms with Crippen molar-refractivity contribution in [2.24, 2.45) is 0 Å². The number of nitrogens with zero attached hydrogens (tertiary/aromatic N) is 2. The van der Waals surface area contributed by atoms with Gasteiger partial charge in [-0.15, -0.1) is 0 Å². The molecule has 1 saturated heterocycles. The SMILES string of the molecule is CC(C)c1ccc(CN2CCN(I)CC2)c(C(F)(F)F)c1. The summed E-state index contributed by atoms with van der Waals surface area (Å²) in [4.78, 5) is 2.09. The van der Waals surface area contributed by atoms with Crippen molar-refractivity contribution in [2.75, 3.05) is 26.2 Å². The third kappa shape index (κ3) is 4.56. The normalized spacial score (nSPS) is 18.4. The van der Waals surface area contributed by atoms with Gasteiger partial charge in [0.1, 0.15) is 0 Å². The maximum atomic E-state index is 13.3. The van der Waals surface area contributed by atoms with Gasteiger partial charge >= 0.3 is 6.18 Å². The highest BCUT2D eigenvalue weighted by molar-refractivity contribution is 14.1. The van der Waals surface area contributed by atoms with Crippen molar-refractivity contribution >= 4 is 22.9 Å². The van der Waals surface area contributed by atoms with Crippen molar-refractivity contribution in [3.05, 3.63) is 34.9 Å². The summed E-state index contributed by atoms with van der Waals surface area (Å²) < 4.78 is 42.0. The van der Waals surface area contributed by atoms with Gasteiger partial charge in [-0.25, -0.2) is 3.11 Å². The molecular formula is C15H20F3IN2. The number of rotatable bonds is 3. The van der Waals surface area contributed by atoms with Gasteiger partial charge in [0.05, 0.1) is 5.56 Å². The van der Waals surface area contributed by atoms with E-state index in [4.69, 9.17) is 0 Å². The minimum atomic E-state index is -4.29. The summed E-state index contributed by atoms with van der Waals surface area (Å²) in [5, 5.41) is 0. The third-order valence-corrected chi connectivity index (χ3v) is 4.78. The molecule has 6 heteroatoms. The predicted molar refractivity (Wildman–Crippen MR) is 86.4 cm³/mol. The zero-order chi connectivity index (χ0) is 15.6. The highest BCUT2D eigenvalue weighted by Gasteiger charge is 2.34. The largest absolute Gasteiger partial charge is 0.416 e. The predicted octanol–water partition coefficient (Wildman–Crippen LogP) is 4.30. The maximum Gasteiger partial charge on any atom is 0.416 e. The van der Waals surface area contributed by atoms with Crippen LogP contribution in [-0.4, -0.2) is 34.2 Å². The van der Waals surface area contributed by atoms with E-state index in [1.165, 1.54) is 6.07 Å². The van der Waals surface area contributed by atoms with Gasteiger partial charge in [-0.3, -0.25) is 4.90 Å². The molecule has 0 atom stereocenters. The smallest absolute Gasteiger partial charge is 0.296 e. The van der Waals surface area contributed by atoms with E-state index in [2.05, 4.69) is 30.9 Å². The number of hydrogen-bond acceptors (Lipinski definition) is 2. The molecule has 21 heavy (non-hydrogen) atoms. The molecule has 2 rings (SSSR count). The molecule has 1 heterocycles. The fraction of sp³-hybridized carbons (Fsp3) is 0.600. The zero-order valence-electron chi connectivity index (χ0n) is 12.3. The highest BCUT2D eigenvalue weighted by Crippen LogP contribution is 2.34. The van der Waals surface area contributed by atoms with Gasteiger partial charge < -0.3 is 0 Å². The molecule has 0 radical (unpaired) electrons. The van der Waals surface area contributed by atoms with Crippen LogP contribution in [0.2, 0.25) is 0 Å². The fourth-order valence-corrected chi connectivity index (χ4v) is 2.91. The molecule has 1 aliphatic heterocycles. The van der Waals surface area contributed by atoms with Crippen LogP contribution in [0.3, 0.4) is 0 Å². The summed E-state index contributed by atoms with van der Waals surface area (Å²) in [6, 6.07) is 4.78. The Morgan fingerprint density at radius 3 is 2.29 bits per heavy atom. The molecular weight excluding hydrogens is 392 g/mol. The molecule has 118 valence electrons. The van der Waals surface area contributed by atoms with Gasteiger partial charge in [-0.1, -0.05) is 26.0 Å². The molecule has 0 spiro atoms. The Morgan fingerprint density at radius 1 is 1.14 bits per heavy atom. The van der Waals surface area contributed by atoms with Crippen molar-refractivity contribution in [1.82, 2.24) is 8.01 Å². The van der Waals surface area contributed by atoms with E-state index in [-0.39, 0.29) is 5.92 Å². The van der Waals surface area contributed by atoms with E-state index in [0.717, 1.165) is 31.7 Å². The molecule has 2 nitrogen and oxygen atoms in total. The molecule has 0 aliphatic carbocycles. The Bertz CT molecular complexity index is 480. The van der Waals surface area contributed by atoms with Gasteiger partial charge in [0.15, 0.2) is 0 Å². The van der Waals surface area contributed by atoms with E-state index in [1.54, 1.807) is 6.07 Å². The highest BCUT2D eigenvalue weighted by atomic mass is 127. The Kier molecular flexibility index (Phi) is 5.54. The van der Waals surface area contributed by atoms with E-state index in [1.807, 2.05) is 19.9 Å². The van der Waals surface area contributed by atoms with Crippen LogP contribution in [0.15, 0.2) is 18.2 Å². The molecule has 0 bridgehead atoms. The molecule has 0 unspecified atom stereocenters. The van der Waals surface area contributed by atoms with Gasteiger partial charge in [-0.2, -0.15) is 13.2 Å². The van der Waals surface area contributed by atoms with Gasteiger partial charge in [0, 0.05) is 55.6 Å². The molecule has 0 amide bonds. The minimum absolute atomic E-state index is 0.0997. The summed E-state index contributed by atoms with van der Waals surface area (Å²) in [5.74, 6) is 0.0997. The molecule has 0 aromatic heterocycles. The number of halogens is 4. The van der Waals surface area contributed by atoms with Crippen molar-refractivity contribution in [3.63, 3.8) is 0 Å². The first-order valence-corrected chi connectivity index (χ1v) is 8.07. The second-order valence-electron chi connectivity index (χ2n) is 5.76. The van der Waals surface area contributed by atoms with Crippen LogP contribution in [-0.2, 0) is 12.7 Å². The van der Waals surface area contributed by atoms with Gasteiger partial charge in [0.2, 0.25) is 0 Å². The van der Waals surface area contributed by atoms with E-state index < -0.39 is 11.7 Å². The third-order valence-electron chi connectivity index (χ3n) is 3.82. The monoisotopic (exact) mass is 412 g/mol. The van der Waals surface area contributed by atoms with E-state index >= 15 is 0 Å². The lowest BCUT2D eigenvalue weighted by molar-refractivity contribution is -0.138. The topological polar surface area (TPSA) is 6.48 Å². The molecule has 0 saturated carbocycles.